The monoisotopic (exact) mass is 332 g/mol. The third-order valence-corrected chi connectivity index (χ3v) is 3.31. The number of ether oxygens (including phenoxy) is 1. The van der Waals surface area contributed by atoms with Gasteiger partial charge in [0.05, 0.1) is 0 Å². The van der Waals surface area contributed by atoms with Crippen LogP contribution in [0.2, 0.25) is 0 Å². The first-order valence-corrected chi connectivity index (χ1v) is 8.72. The van der Waals surface area contributed by atoms with E-state index in [9.17, 15) is 4.79 Å². The molecule has 0 rings (SSSR count). The minimum Gasteiger partial charge on any atom is -0.479 e. The van der Waals surface area contributed by atoms with Crippen LogP contribution in [0.1, 0.15) is 51.9 Å². The Kier molecular flexibility index (Phi) is 16.1. The van der Waals surface area contributed by atoms with Crippen LogP contribution in [0.4, 0.5) is 0 Å². The fraction of sp³-hybridized carbons (Fsp3) is 0.476. The summed E-state index contributed by atoms with van der Waals surface area (Å²) in [5, 5.41) is 8.82. The van der Waals surface area contributed by atoms with Gasteiger partial charge in [-0.15, -0.1) is 0 Å². The van der Waals surface area contributed by atoms with Crippen molar-refractivity contribution in [1.29, 1.82) is 0 Å². The van der Waals surface area contributed by atoms with Gasteiger partial charge >= 0.3 is 5.97 Å². The zero-order valence-corrected chi connectivity index (χ0v) is 15.1. The van der Waals surface area contributed by atoms with Gasteiger partial charge in [-0.3, -0.25) is 0 Å². The number of allylic oxidation sites excluding steroid dienone is 10. The lowest BCUT2D eigenvalue weighted by atomic mass is 10.2. The van der Waals surface area contributed by atoms with E-state index < -0.39 is 12.1 Å². The average Bonchev–Trinajstić information content (AvgIpc) is 2.57. The summed E-state index contributed by atoms with van der Waals surface area (Å²) in [6.07, 6.45) is 26.9. The van der Waals surface area contributed by atoms with Crippen molar-refractivity contribution in [3.8, 4) is 0 Å². The van der Waals surface area contributed by atoms with Crippen LogP contribution in [-0.4, -0.2) is 24.3 Å². The van der Waals surface area contributed by atoms with Gasteiger partial charge in [-0.05, 0) is 44.9 Å². The van der Waals surface area contributed by atoms with Gasteiger partial charge in [-0.25, -0.2) is 4.79 Å². The van der Waals surface area contributed by atoms with Crippen LogP contribution < -0.4 is 0 Å². The number of carbonyl (C=O) groups is 1. The minimum absolute atomic E-state index is 0.510. The number of hydrogen-bond acceptors (Lipinski definition) is 2. The zero-order valence-electron chi connectivity index (χ0n) is 15.1. The molecule has 1 unspecified atom stereocenters. The predicted molar refractivity (Wildman–Crippen MR) is 102 cm³/mol. The van der Waals surface area contributed by atoms with E-state index in [1.807, 2.05) is 6.08 Å². The molecular weight excluding hydrogens is 300 g/mol. The molecule has 0 amide bonds. The third-order valence-electron chi connectivity index (χ3n) is 3.31. The van der Waals surface area contributed by atoms with Gasteiger partial charge in [0.15, 0.2) is 6.10 Å². The van der Waals surface area contributed by atoms with Crippen LogP contribution in [0, 0.1) is 0 Å². The summed E-state index contributed by atoms with van der Waals surface area (Å²) in [5.41, 5.74) is 0. The molecule has 0 spiro atoms. The highest BCUT2D eigenvalue weighted by atomic mass is 16.5. The molecule has 0 fully saturated rings. The van der Waals surface area contributed by atoms with E-state index in [0.29, 0.717) is 6.42 Å². The fourth-order valence-corrected chi connectivity index (χ4v) is 1.96. The maximum atomic E-state index is 10.7. The Balaban J connectivity index is 3.61. The molecular formula is C21H32O3. The number of carboxylic acid groups (broad SMARTS) is 1. The lowest BCUT2D eigenvalue weighted by Crippen LogP contribution is -2.21. The van der Waals surface area contributed by atoms with Crippen LogP contribution >= 0.6 is 0 Å². The number of carboxylic acids is 1. The Bertz CT molecular complexity index is 442. The van der Waals surface area contributed by atoms with Crippen molar-refractivity contribution in [2.24, 2.45) is 0 Å². The third kappa shape index (κ3) is 15.0. The summed E-state index contributed by atoms with van der Waals surface area (Å²) >= 11 is 0. The lowest BCUT2D eigenvalue weighted by Gasteiger charge is -2.07. The second kappa shape index (κ2) is 17.5. The first-order chi connectivity index (χ1) is 11.7. The van der Waals surface area contributed by atoms with E-state index in [1.165, 1.54) is 7.11 Å². The second-order valence-corrected chi connectivity index (χ2v) is 5.35. The molecule has 0 aromatic heterocycles. The van der Waals surface area contributed by atoms with Gasteiger partial charge in [0.1, 0.15) is 0 Å². The maximum Gasteiger partial charge on any atom is 0.332 e. The SMILES string of the molecule is CC/C=C\C/C=C\C/C=C\C/C=C\C/C=C\CCC(OC)C(=O)O. The summed E-state index contributed by atoms with van der Waals surface area (Å²) in [4.78, 5) is 10.7. The van der Waals surface area contributed by atoms with Gasteiger partial charge in [-0.2, -0.15) is 0 Å². The molecule has 1 N–H and O–H groups in total. The Hall–Kier alpha value is -1.87. The largest absolute Gasteiger partial charge is 0.479 e. The molecule has 0 radical (unpaired) electrons. The zero-order chi connectivity index (χ0) is 17.9. The first kappa shape index (κ1) is 22.1. The van der Waals surface area contributed by atoms with Gasteiger partial charge in [0.25, 0.3) is 0 Å². The molecule has 0 aliphatic rings. The summed E-state index contributed by atoms with van der Waals surface area (Å²) in [6.45, 7) is 2.14. The Morgan fingerprint density at radius 1 is 0.833 bits per heavy atom. The van der Waals surface area contributed by atoms with Crippen molar-refractivity contribution in [3.05, 3.63) is 60.8 Å². The average molecular weight is 332 g/mol. The highest BCUT2D eigenvalue weighted by Gasteiger charge is 2.14. The summed E-state index contributed by atoms with van der Waals surface area (Å²) < 4.78 is 4.87. The molecule has 0 aliphatic carbocycles. The van der Waals surface area contributed by atoms with Crippen molar-refractivity contribution >= 4 is 5.97 Å². The quantitative estimate of drug-likeness (QED) is 0.420. The fourth-order valence-electron chi connectivity index (χ4n) is 1.96. The van der Waals surface area contributed by atoms with Crippen molar-refractivity contribution in [2.45, 2.75) is 58.0 Å². The van der Waals surface area contributed by atoms with E-state index in [1.54, 1.807) is 0 Å². The Morgan fingerprint density at radius 2 is 1.25 bits per heavy atom. The molecule has 1 atom stereocenters. The number of methoxy groups -OCH3 is 1. The van der Waals surface area contributed by atoms with E-state index in [0.717, 1.165) is 38.5 Å². The number of rotatable bonds is 14. The van der Waals surface area contributed by atoms with Crippen molar-refractivity contribution < 1.29 is 14.6 Å². The molecule has 134 valence electrons. The van der Waals surface area contributed by atoms with Crippen molar-refractivity contribution in [3.63, 3.8) is 0 Å². The van der Waals surface area contributed by atoms with Gasteiger partial charge < -0.3 is 9.84 Å². The molecule has 24 heavy (non-hydrogen) atoms. The Morgan fingerprint density at radius 3 is 1.62 bits per heavy atom. The molecule has 0 aliphatic heterocycles. The highest BCUT2D eigenvalue weighted by Crippen LogP contribution is 2.03. The van der Waals surface area contributed by atoms with E-state index >= 15 is 0 Å². The molecule has 0 saturated heterocycles. The maximum absolute atomic E-state index is 10.7. The summed E-state index contributed by atoms with van der Waals surface area (Å²) in [6, 6.07) is 0. The van der Waals surface area contributed by atoms with E-state index in [2.05, 4.69) is 61.6 Å². The normalized spacial score (nSPS) is 14.1. The Labute approximate surface area is 147 Å². The van der Waals surface area contributed by atoms with Crippen LogP contribution in [0.5, 0.6) is 0 Å². The predicted octanol–water partition coefficient (Wildman–Crippen LogP) is 5.62. The molecule has 3 heteroatoms. The molecule has 0 bridgehead atoms. The van der Waals surface area contributed by atoms with E-state index in [-0.39, 0.29) is 0 Å². The molecule has 0 saturated carbocycles. The van der Waals surface area contributed by atoms with Crippen LogP contribution in [0.3, 0.4) is 0 Å². The molecule has 3 nitrogen and oxygen atoms in total. The first-order valence-electron chi connectivity index (χ1n) is 8.72. The van der Waals surface area contributed by atoms with Gasteiger partial charge in [0.2, 0.25) is 0 Å². The van der Waals surface area contributed by atoms with Crippen LogP contribution in [0.15, 0.2) is 60.8 Å². The van der Waals surface area contributed by atoms with Gasteiger partial charge in [-0.1, -0.05) is 67.7 Å². The topological polar surface area (TPSA) is 46.5 Å². The second-order valence-electron chi connectivity index (χ2n) is 5.35. The number of aliphatic carboxylic acids is 1. The van der Waals surface area contributed by atoms with Crippen molar-refractivity contribution in [1.82, 2.24) is 0 Å². The standard InChI is InChI=1S/C21H32O3/c1-3-4-5-6-7-8-9-10-11-12-13-14-15-16-17-18-19-20(24-2)21(22)23/h4-5,7-8,10-11,13-14,16-17,20H,3,6,9,12,15,18-19H2,1-2H3,(H,22,23)/b5-4-,8-7-,11-10-,14-13-,17-16-. The minimum atomic E-state index is -0.898. The number of hydrogen-bond donors (Lipinski definition) is 1. The summed E-state index contributed by atoms with van der Waals surface area (Å²) in [7, 11) is 1.43. The van der Waals surface area contributed by atoms with Crippen molar-refractivity contribution in [2.75, 3.05) is 7.11 Å². The van der Waals surface area contributed by atoms with E-state index in [4.69, 9.17) is 9.84 Å². The lowest BCUT2D eigenvalue weighted by molar-refractivity contribution is -0.148. The highest BCUT2D eigenvalue weighted by molar-refractivity contribution is 5.72. The molecule has 0 aromatic rings. The smallest absolute Gasteiger partial charge is 0.332 e. The molecule has 0 heterocycles. The van der Waals surface area contributed by atoms with Crippen LogP contribution in [-0.2, 0) is 9.53 Å². The molecule has 0 aromatic carbocycles. The van der Waals surface area contributed by atoms with Gasteiger partial charge in [0, 0.05) is 7.11 Å². The van der Waals surface area contributed by atoms with Crippen LogP contribution in [0.25, 0.3) is 0 Å². The summed E-state index contributed by atoms with van der Waals surface area (Å²) in [5.74, 6) is -0.898.